The van der Waals surface area contributed by atoms with Crippen molar-refractivity contribution in [3.63, 3.8) is 0 Å². The molecule has 22 heavy (non-hydrogen) atoms. The molecule has 0 bridgehead atoms. The maximum Gasteiger partial charge on any atom is 0.108 e. The number of rotatable bonds is 6. The van der Waals surface area contributed by atoms with Crippen LogP contribution in [0.5, 0.6) is 0 Å². The Labute approximate surface area is 132 Å². The van der Waals surface area contributed by atoms with E-state index < -0.39 is 0 Å². The lowest BCUT2D eigenvalue weighted by Crippen LogP contribution is -2.15. The van der Waals surface area contributed by atoms with Crippen LogP contribution in [-0.4, -0.2) is 26.4 Å². The van der Waals surface area contributed by atoms with Gasteiger partial charge in [0.15, 0.2) is 0 Å². The number of benzene rings is 2. The van der Waals surface area contributed by atoms with Crippen LogP contribution < -0.4 is 5.73 Å². The predicted octanol–water partition coefficient (Wildman–Crippen LogP) is 2.87. The number of hydrogen-bond donors (Lipinski definition) is 1. The summed E-state index contributed by atoms with van der Waals surface area (Å²) in [6, 6.07) is 17.2. The topological polar surface area (TPSA) is 44.5 Å². The van der Waals surface area contributed by atoms with Crippen LogP contribution in [0.2, 0.25) is 0 Å². The third-order valence-electron chi connectivity index (χ3n) is 4.11. The van der Waals surface area contributed by atoms with Gasteiger partial charge in [-0.2, -0.15) is 0 Å². The van der Waals surface area contributed by atoms with E-state index in [1.165, 1.54) is 22.3 Å². The van der Waals surface area contributed by atoms with Crippen LogP contribution in [0, 0.1) is 0 Å². The summed E-state index contributed by atoms with van der Waals surface area (Å²) in [5.74, 6) is 0. The van der Waals surface area contributed by atoms with E-state index in [9.17, 15) is 0 Å². The molecule has 0 heterocycles. The minimum Gasteiger partial charge on any atom is -0.378 e. The van der Waals surface area contributed by atoms with E-state index in [0.29, 0.717) is 26.4 Å². The first kappa shape index (κ1) is 15.2. The lowest BCUT2D eigenvalue weighted by molar-refractivity contribution is 0.0217. The van der Waals surface area contributed by atoms with Gasteiger partial charge in [0.2, 0.25) is 0 Å². The molecule has 0 aliphatic heterocycles. The quantitative estimate of drug-likeness (QED) is 0.834. The van der Waals surface area contributed by atoms with Crippen LogP contribution in [-0.2, 0) is 22.3 Å². The van der Waals surface area contributed by atoms with Gasteiger partial charge in [-0.25, -0.2) is 0 Å². The van der Waals surface area contributed by atoms with Gasteiger partial charge >= 0.3 is 0 Å². The number of nitrogens with two attached hydrogens (primary N) is 1. The minimum absolute atomic E-state index is 0.00336. The zero-order valence-corrected chi connectivity index (χ0v) is 12.8. The first-order chi connectivity index (χ1) is 10.9. The van der Waals surface area contributed by atoms with E-state index in [4.69, 9.17) is 15.2 Å². The molecule has 2 aromatic rings. The fourth-order valence-electron chi connectivity index (χ4n) is 3.06. The van der Waals surface area contributed by atoms with E-state index in [1.807, 2.05) is 0 Å². The summed E-state index contributed by atoms with van der Waals surface area (Å²) < 4.78 is 11.6. The molecule has 0 radical (unpaired) electrons. The lowest BCUT2D eigenvalue weighted by Gasteiger charge is -2.21. The summed E-state index contributed by atoms with van der Waals surface area (Å²) in [7, 11) is 0. The van der Waals surface area contributed by atoms with E-state index in [-0.39, 0.29) is 6.10 Å². The van der Waals surface area contributed by atoms with Gasteiger partial charge in [-0.3, -0.25) is 0 Å². The molecule has 3 nitrogen and oxygen atoms in total. The van der Waals surface area contributed by atoms with Crippen molar-refractivity contribution < 1.29 is 9.47 Å². The number of fused-ring (bicyclic) bond motifs is 2. The molecule has 0 fully saturated rings. The third kappa shape index (κ3) is 3.38. The Morgan fingerprint density at radius 3 is 2.00 bits per heavy atom. The molecule has 1 aliphatic carbocycles. The SMILES string of the molecule is NCCOCCOC1c2ccccc2CCc2ccccc21. The van der Waals surface area contributed by atoms with Gasteiger partial charge in [0.1, 0.15) is 6.10 Å². The molecule has 1 aliphatic rings. The molecule has 0 aromatic heterocycles. The Kier molecular flexibility index (Phi) is 5.22. The van der Waals surface area contributed by atoms with E-state index in [0.717, 1.165) is 12.8 Å². The summed E-state index contributed by atoms with van der Waals surface area (Å²) in [4.78, 5) is 0. The van der Waals surface area contributed by atoms with Crippen molar-refractivity contribution in [1.29, 1.82) is 0 Å². The van der Waals surface area contributed by atoms with Crippen molar-refractivity contribution in [1.82, 2.24) is 0 Å². The second-order valence-corrected chi connectivity index (χ2v) is 5.55. The highest BCUT2D eigenvalue weighted by molar-refractivity contribution is 5.43. The summed E-state index contributed by atoms with van der Waals surface area (Å²) in [5, 5.41) is 0. The zero-order valence-electron chi connectivity index (χ0n) is 12.8. The molecule has 116 valence electrons. The van der Waals surface area contributed by atoms with Gasteiger partial charge in [-0.05, 0) is 35.1 Å². The van der Waals surface area contributed by atoms with E-state index in [1.54, 1.807) is 0 Å². The van der Waals surface area contributed by atoms with Crippen molar-refractivity contribution >= 4 is 0 Å². The van der Waals surface area contributed by atoms with Crippen molar-refractivity contribution in [2.75, 3.05) is 26.4 Å². The van der Waals surface area contributed by atoms with Gasteiger partial charge in [-0.15, -0.1) is 0 Å². The van der Waals surface area contributed by atoms with Crippen LogP contribution in [0.3, 0.4) is 0 Å². The summed E-state index contributed by atoms with van der Waals surface area (Å²) >= 11 is 0. The molecule has 0 atom stereocenters. The Balaban J connectivity index is 1.82. The highest BCUT2D eigenvalue weighted by Gasteiger charge is 2.23. The van der Waals surface area contributed by atoms with Gasteiger partial charge < -0.3 is 15.2 Å². The molecule has 3 heteroatoms. The van der Waals surface area contributed by atoms with Crippen molar-refractivity contribution in [2.24, 2.45) is 5.73 Å². The monoisotopic (exact) mass is 297 g/mol. The smallest absolute Gasteiger partial charge is 0.108 e. The molecule has 0 amide bonds. The Morgan fingerprint density at radius 2 is 1.41 bits per heavy atom. The van der Waals surface area contributed by atoms with Crippen LogP contribution in [0.15, 0.2) is 48.5 Å². The Hall–Kier alpha value is -1.68. The van der Waals surface area contributed by atoms with Gasteiger partial charge in [-0.1, -0.05) is 48.5 Å². The van der Waals surface area contributed by atoms with Crippen LogP contribution in [0.25, 0.3) is 0 Å². The second-order valence-electron chi connectivity index (χ2n) is 5.55. The van der Waals surface area contributed by atoms with E-state index >= 15 is 0 Å². The molecule has 0 saturated carbocycles. The number of hydrogen-bond acceptors (Lipinski definition) is 3. The predicted molar refractivity (Wildman–Crippen MR) is 88.0 cm³/mol. The third-order valence-corrected chi connectivity index (χ3v) is 4.11. The number of ether oxygens (including phenoxy) is 2. The van der Waals surface area contributed by atoms with Gasteiger partial charge in [0.05, 0.1) is 19.8 Å². The van der Waals surface area contributed by atoms with Crippen LogP contribution >= 0.6 is 0 Å². The minimum atomic E-state index is -0.00336. The van der Waals surface area contributed by atoms with Crippen molar-refractivity contribution in [2.45, 2.75) is 18.9 Å². The zero-order chi connectivity index (χ0) is 15.2. The van der Waals surface area contributed by atoms with Gasteiger partial charge in [0, 0.05) is 6.54 Å². The molecular weight excluding hydrogens is 274 g/mol. The van der Waals surface area contributed by atoms with Crippen LogP contribution in [0.1, 0.15) is 28.4 Å². The Bertz CT molecular complexity index is 564. The maximum atomic E-state index is 6.20. The fourth-order valence-corrected chi connectivity index (χ4v) is 3.06. The molecular formula is C19H23NO2. The number of aryl methyl sites for hydroxylation is 2. The maximum absolute atomic E-state index is 6.20. The van der Waals surface area contributed by atoms with Crippen molar-refractivity contribution in [3.05, 3.63) is 70.8 Å². The lowest BCUT2D eigenvalue weighted by atomic mass is 9.97. The molecule has 3 rings (SSSR count). The van der Waals surface area contributed by atoms with Crippen molar-refractivity contribution in [3.8, 4) is 0 Å². The molecule has 0 spiro atoms. The highest BCUT2D eigenvalue weighted by atomic mass is 16.5. The normalized spacial score (nSPS) is 14.2. The largest absolute Gasteiger partial charge is 0.378 e. The standard InChI is InChI=1S/C19H23NO2/c20-11-12-21-13-14-22-19-17-7-3-1-5-15(17)9-10-16-6-2-4-8-18(16)19/h1-8,19H,9-14,20H2. The van der Waals surface area contributed by atoms with Crippen LogP contribution in [0.4, 0.5) is 0 Å². The second kappa shape index (κ2) is 7.54. The first-order valence-corrected chi connectivity index (χ1v) is 7.95. The summed E-state index contributed by atoms with van der Waals surface area (Å²) in [5.41, 5.74) is 10.8. The Morgan fingerprint density at radius 1 is 0.818 bits per heavy atom. The molecule has 2 N–H and O–H groups in total. The average Bonchev–Trinajstić information content (AvgIpc) is 2.72. The summed E-state index contributed by atoms with van der Waals surface area (Å²) in [6.07, 6.45) is 2.13. The average molecular weight is 297 g/mol. The fraction of sp³-hybridized carbons (Fsp3) is 0.368. The van der Waals surface area contributed by atoms with E-state index in [2.05, 4.69) is 48.5 Å². The molecule has 0 saturated heterocycles. The molecule has 2 aromatic carbocycles. The van der Waals surface area contributed by atoms with Gasteiger partial charge in [0.25, 0.3) is 0 Å². The molecule has 0 unspecified atom stereocenters. The highest BCUT2D eigenvalue weighted by Crippen LogP contribution is 2.34. The first-order valence-electron chi connectivity index (χ1n) is 7.95. The summed E-state index contributed by atoms with van der Waals surface area (Å²) in [6.45, 7) is 2.29.